The molecule has 8 rings (SSSR count). The zero-order valence-electron chi connectivity index (χ0n) is 28.9. The Labute approximate surface area is 294 Å². The summed E-state index contributed by atoms with van der Waals surface area (Å²) in [6, 6.07) is 22.2. The van der Waals surface area contributed by atoms with E-state index in [4.69, 9.17) is 4.74 Å². The molecule has 0 bridgehead atoms. The van der Waals surface area contributed by atoms with Crippen LogP contribution in [0.25, 0.3) is 22.2 Å². The van der Waals surface area contributed by atoms with Gasteiger partial charge in [0.2, 0.25) is 5.91 Å². The van der Waals surface area contributed by atoms with E-state index in [0.717, 1.165) is 69.9 Å². The van der Waals surface area contributed by atoms with Gasteiger partial charge in [0.1, 0.15) is 5.75 Å². The third-order valence-corrected chi connectivity index (χ3v) is 13.0. The van der Waals surface area contributed by atoms with Gasteiger partial charge in [-0.3, -0.25) is 9.59 Å². The maximum Gasteiger partial charge on any atom is 0.303 e. The van der Waals surface area contributed by atoms with Crippen molar-refractivity contribution in [3.63, 3.8) is 0 Å². The van der Waals surface area contributed by atoms with Crippen molar-refractivity contribution in [2.45, 2.75) is 62.9 Å². The minimum Gasteiger partial charge on any atom is -0.497 e. The van der Waals surface area contributed by atoms with Crippen molar-refractivity contribution in [2.75, 3.05) is 40.8 Å². The standard InChI is InChI=1S/C39H45N5O5S/c1-42(2)50(47,48)41-37(45)27-14-16-30-34(20-27)44-24-39(38(46)43-19-18-40-33(23-43)25-10-6-4-7-11-25)22-32(39)31-21-28(49-3)15-17-29(31)36(44)35(30)26-12-8-5-9-13-26/h4,6-7,10-11,14-17,20-21,26,32-33,40H,5,8-9,12-13,18-19,22-24H2,1-3H3,(H,41,45)/t32-,33?,39-/m0/s1. The molecule has 3 atom stereocenters. The van der Waals surface area contributed by atoms with Gasteiger partial charge in [-0.2, -0.15) is 12.7 Å². The topological polar surface area (TPSA) is 113 Å². The lowest BCUT2D eigenvalue weighted by Gasteiger charge is -2.36. The lowest BCUT2D eigenvalue weighted by Crippen LogP contribution is -2.51. The van der Waals surface area contributed by atoms with Crippen LogP contribution in [-0.4, -0.2) is 74.8 Å². The Hall–Kier alpha value is -4.19. The number of ether oxygens (including phenoxy) is 1. The van der Waals surface area contributed by atoms with E-state index in [1.54, 1.807) is 13.2 Å². The van der Waals surface area contributed by atoms with Gasteiger partial charge in [-0.1, -0.05) is 55.7 Å². The number of methoxy groups -OCH3 is 1. The third-order valence-electron chi connectivity index (χ3n) is 11.6. The van der Waals surface area contributed by atoms with Crippen molar-refractivity contribution >= 4 is 32.9 Å². The number of benzene rings is 3. The first-order valence-corrected chi connectivity index (χ1v) is 19.2. The van der Waals surface area contributed by atoms with E-state index in [-0.39, 0.29) is 23.4 Å². The van der Waals surface area contributed by atoms with Crippen molar-refractivity contribution in [1.29, 1.82) is 0 Å². The van der Waals surface area contributed by atoms with Gasteiger partial charge in [-0.25, -0.2) is 4.72 Å². The minimum atomic E-state index is -3.98. The average Bonchev–Trinajstić information content (AvgIpc) is 3.81. The van der Waals surface area contributed by atoms with Crippen LogP contribution in [0.5, 0.6) is 5.75 Å². The first-order valence-electron chi connectivity index (χ1n) is 17.8. The number of rotatable bonds is 7. The summed E-state index contributed by atoms with van der Waals surface area (Å²) in [6.07, 6.45) is 6.42. The van der Waals surface area contributed by atoms with Crippen LogP contribution in [0.2, 0.25) is 0 Å². The fourth-order valence-electron chi connectivity index (χ4n) is 8.85. The fourth-order valence-corrected chi connectivity index (χ4v) is 9.38. The summed E-state index contributed by atoms with van der Waals surface area (Å²) in [5.41, 5.74) is 6.28. The molecule has 50 heavy (non-hydrogen) atoms. The summed E-state index contributed by atoms with van der Waals surface area (Å²) in [5, 5.41) is 4.68. The number of hydrogen-bond donors (Lipinski definition) is 2. The molecule has 2 amide bonds. The molecule has 2 aliphatic heterocycles. The van der Waals surface area contributed by atoms with Crippen LogP contribution in [0.3, 0.4) is 0 Å². The number of piperazine rings is 1. The van der Waals surface area contributed by atoms with Gasteiger partial charge in [-0.15, -0.1) is 0 Å². The molecule has 10 nitrogen and oxygen atoms in total. The molecule has 3 aromatic carbocycles. The lowest BCUT2D eigenvalue weighted by molar-refractivity contribution is -0.139. The van der Waals surface area contributed by atoms with Crippen LogP contribution in [0.4, 0.5) is 0 Å². The van der Waals surface area contributed by atoms with E-state index in [1.807, 2.05) is 36.4 Å². The van der Waals surface area contributed by atoms with Gasteiger partial charge in [0.05, 0.1) is 18.2 Å². The Morgan fingerprint density at radius 1 is 1.00 bits per heavy atom. The van der Waals surface area contributed by atoms with Gasteiger partial charge in [0.25, 0.3) is 5.91 Å². The van der Waals surface area contributed by atoms with Crippen LogP contribution in [0, 0.1) is 5.41 Å². The summed E-state index contributed by atoms with van der Waals surface area (Å²) < 4.78 is 36.5. The summed E-state index contributed by atoms with van der Waals surface area (Å²) >= 11 is 0. The first kappa shape index (κ1) is 33.0. The van der Waals surface area contributed by atoms with Crippen molar-refractivity contribution < 1.29 is 22.7 Å². The minimum absolute atomic E-state index is 0.0241. The molecule has 1 unspecified atom stereocenters. The molecule has 4 aliphatic rings. The quantitative estimate of drug-likeness (QED) is 0.262. The van der Waals surface area contributed by atoms with Crippen molar-refractivity contribution in [3.05, 3.63) is 89.0 Å². The van der Waals surface area contributed by atoms with Gasteiger partial charge >= 0.3 is 10.2 Å². The molecule has 3 heterocycles. The Bertz CT molecular complexity index is 2090. The first-order chi connectivity index (χ1) is 24.1. The number of amides is 2. The highest BCUT2D eigenvalue weighted by atomic mass is 32.2. The molecular weight excluding hydrogens is 651 g/mol. The predicted octanol–water partition coefficient (Wildman–Crippen LogP) is 5.56. The third kappa shape index (κ3) is 5.50. The number of nitrogens with one attached hydrogen (secondary N) is 2. The van der Waals surface area contributed by atoms with Gasteiger partial charge in [0, 0.05) is 74.3 Å². The largest absolute Gasteiger partial charge is 0.497 e. The molecule has 1 saturated heterocycles. The zero-order valence-corrected chi connectivity index (χ0v) is 29.8. The fraction of sp³-hybridized carbons (Fsp3) is 0.436. The highest BCUT2D eigenvalue weighted by Crippen LogP contribution is 2.66. The van der Waals surface area contributed by atoms with Crippen LogP contribution in [0.1, 0.15) is 83.5 Å². The van der Waals surface area contributed by atoms with Gasteiger partial charge < -0.3 is 19.5 Å². The van der Waals surface area contributed by atoms with E-state index < -0.39 is 21.5 Å². The van der Waals surface area contributed by atoms with E-state index >= 15 is 0 Å². The van der Waals surface area contributed by atoms with E-state index in [1.165, 1.54) is 31.6 Å². The number of hydrogen-bond acceptors (Lipinski definition) is 6. The Kier molecular flexibility index (Phi) is 8.27. The van der Waals surface area contributed by atoms with Crippen molar-refractivity contribution in [1.82, 2.24) is 23.8 Å². The Balaban J connectivity index is 1.28. The van der Waals surface area contributed by atoms with Crippen molar-refractivity contribution in [3.8, 4) is 17.0 Å². The monoisotopic (exact) mass is 695 g/mol. The Morgan fingerprint density at radius 3 is 2.52 bits per heavy atom. The van der Waals surface area contributed by atoms with Crippen LogP contribution < -0.4 is 14.8 Å². The zero-order chi connectivity index (χ0) is 34.8. The van der Waals surface area contributed by atoms with Crippen LogP contribution >= 0.6 is 0 Å². The molecule has 2 saturated carbocycles. The number of carbonyl (C=O) groups excluding carboxylic acids is 2. The average molecular weight is 696 g/mol. The normalized spacial score (nSPS) is 23.5. The highest BCUT2D eigenvalue weighted by molar-refractivity contribution is 7.87. The maximum absolute atomic E-state index is 15.0. The Morgan fingerprint density at radius 2 is 1.78 bits per heavy atom. The molecule has 0 radical (unpaired) electrons. The molecule has 1 aromatic heterocycles. The SMILES string of the molecule is COc1ccc2c(c1)[C@@H]1C[C@]1(C(=O)N1CCNC(c3ccccc3)C1)Cn1c-2c(C2CCCCC2)c2ccc(C(=O)NS(=O)(=O)N(C)C)cc21. The summed E-state index contributed by atoms with van der Waals surface area (Å²) in [4.78, 5) is 30.4. The number of fused-ring (bicyclic) bond motifs is 7. The predicted molar refractivity (Wildman–Crippen MR) is 193 cm³/mol. The second-order valence-electron chi connectivity index (χ2n) is 14.7. The number of carbonyl (C=O) groups is 2. The van der Waals surface area contributed by atoms with Crippen LogP contribution in [0.15, 0.2) is 66.7 Å². The molecule has 0 spiro atoms. The lowest BCUT2D eigenvalue weighted by atomic mass is 9.81. The molecule has 3 fully saturated rings. The molecule has 262 valence electrons. The molecule has 2 aliphatic carbocycles. The molecule has 11 heteroatoms. The van der Waals surface area contributed by atoms with E-state index in [9.17, 15) is 18.0 Å². The summed E-state index contributed by atoms with van der Waals surface area (Å²) in [7, 11) is 0.474. The second-order valence-corrected chi connectivity index (χ2v) is 16.6. The second kappa shape index (κ2) is 12.5. The number of aromatic nitrogens is 1. The highest BCUT2D eigenvalue weighted by Gasteiger charge is 2.64. The van der Waals surface area contributed by atoms with Gasteiger partial charge in [-0.05, 0) is 72.2 Å². The van der Waals surface area contributed by atoms with Crippen molar-refractivity contribution in [2.24, 2.45) is 5.41 Å². The maximum atomic E-state index is 15.0. The van der Waals surface area contributed by atoms with Crippen LogP contribution in [-0.2, 0) is 21.5 Å². The molecule has 2 N–H and O–H groups in total. The summed E-state index contributed by atoms with van der Waals surface area (Å²) in [5.74, 6) is 0.617. The van der Waals surface area contributed by atoms with Gasteiger partial charge in [0.15, 0.2) is 0 Å². The number of nitrogens with zero attached hydrogens (tertiary/aromatic N) is 3. The smallest absolute Gasteiger partial charge is 0.303 e. The van der Waals surface area contributed by atoms with E-state index in [0.29, 0.717) is 32.1 Å². The summed E-state index contributed by atoms with van der Waals surface area (Å²) in [6.45, 7) is 2.43. The van der Waals surface area contributed by atoms with E-state index in [2.05, 4.69) is 43.8 Å². The molecule has 4 aromatic rings. The molecular formula is C39H45N5O5S.